The van der Waals surface area contributed by atoms with Gasteiger partial charge in [0.2, 0.25) is 6.29 Å². The highest BCUT2D eigenvalue weighted by atomic mass is 16.8. The molecule has 5 N–H and O–H groups in total. The zero-order chi connectivity index (χ0) is 9.30. The van der Waals surface area contributed by atoms with E-state index >= 15 is 0 Å². The Morgan fingerprint density at radius 1 is 1.17 bits per heavy atom. The molecule has 1 rings (SSSR count). The van der Waals surface area contributed by atoms with Gasteiger partial charge < -0.3 is 20.1 Å². The molecule has 5 atom stereocenters. The van der Waals surface area contributed by atoms with Gasteiger partial charge in [0.15, 0.2) is 0 Å². The third kappa shape index (κ3) is 1.58. The first-order valence-electron chi connectivity index (χ1n) is 3.63. The normalized spacial score (nSPS) is 49.2. The summed E-state index contributed by atoms with van der Waals surface area (Å²) in [4.78, 5) is 4.25. The van der Waals surface area contributed by atoms with E-state index in [1.165, 1.54) is 0 Å². The van der Waals surface area contributed by atoms with E-state index in [0.29, 0.717) is 0 Å². The molecule has 0 aromatic heterocycles. The van der Waals surface area contributed by atoms with E-state index in [-0.39, 0.29) is 0 Å². The average molecular weight is 179 g/mol. The van der Waals surface area contributed by atoms with Gasteiger partial charge in [-0.3, -0.25) is 4.84 Å². The minimum atomic E-state index is -1.32. The van der Waals surface area contributed by atoms with Crippen LogP contribution in [0.15, 0.2) is 0 Å². The van der Waals surface area contributed by atoms with Gasteiger partial charge in [0.05, 0.1) is 6.10 Å². The van der Waals surface area contributed by atoms with Gasteiger partial charge in [0.25, 0.3) is 0 Å². The molecule has 6 nitrogen and oxygen atoms in total. The SMILES string of the molecule is C[C@H]1OC(ON)[C@@H](O)[C@@H](O)[C@@H]1O. The molecule has 0 aromatic rings. The molecule has 1 unspecified atom stereocenters. The molecule has 6 heteroatoms. The molecule has 12 heavy (non-hydrogen) atoms. The van der Waals surface area contributed by atoms with Crippen LogP contribution in [0.2, 0.25) is 0 Å². The van der Waals surface area contributed by atoms with Gasteiger partial charge in [-0.1, -0.05) is 0 Å². The Balaban J connectivity index is 2.63. The summed E-state index contributed by atoms with van der Waals surface area (Å²) in [5, 5.41) is 27.6. The molecule has 1 heterocycles. The van der Waals surface area contributed by atoms with E-state index in [0.717, 1.165) is 0 Å². The molecule has 0 aromatic carbocycles. The van der Waals surface area contributed by atoms with Crippen molar-refractivity contribution in [2.75, 3.05) is 0 Å². The van der Waals surface area contributed by atoms with Gasteiger partial charge in [-0.15, -0.1) is 0 Å². The van der Waals surface area contributed by atoms with E-state index < -0.39 is 30.7 Å². The molecule has 1 fully saturated rings. The van der Waals surface area contributed by atoms with Crippen molar-refractivity contribution in [3.05, 3.63) is 0 Å². The summed E-state index contributed by atoms with van der Waals surface area (Å²) >= 11 is 0. The highest BCUT2D eigenvalue weighted by Crippen LogP contribution is 2.20. The molecule has 0 spiro atoms. The van der Waals surface area contributed by atoms with E-state index in [9.17, 15) is 15.3 Å². The topological polar surface area (TPSA) is 105 Å². The second kappa shape index (κ2) is 3.65. The van der Waals surface area contributed by atoms with Crippen LogP contribution in [0.5, 0.6) is 0 Å². The van der Waals surface area contributed by atoms with Crippen LogP contribution in [0.3, 0.4) is 0 Å². The maximum atomic E-state index is 9.20. The van der Waals surface area contributed by atoms with Gasteiger partial charge >= 0.3 is 0 Å². The zero-order valence-electron chi connectivity index (χ0n) is 6.62. The van der Waals surface area contributed by atoms with Crippen LogP contribution in [0.1, 0.15) is 6.92 Å². The van der Waals surface area contributed by atoms with Crippen LogP contribution in [0, 0.1) is 0 Å². The standard InChI is InChI=1S/C6H13NO5/c1-2-3(8)4(9)5(10)6(11-2)12-7/h2-6,8-10H,7H2,1H3/t2-,3-,4+,5+,6?/m1/s1. The van der Waals surface area contributed by atoms with Gasteiger partial charge in [-0.25, -0.2) is 5.90 Å². The smallest absolute Gasteiger partial charge is 0.205 e. The van der Waals surface area contributed by atoms with E-state index in [1.807, 2.05) is 0 Å². The fourth-order valence-corrected chi connectivity index (χ4v) is 1.13. The summed E-state index contributed by atoms with van der Waals surface area (Å²) < 4.78 is 4.92. The number of hydrogen-bond donors (Lipinski definition) is 4. The third-order valence-electron chi connectivity index (χ3n) is 1.94. The zero-order valence-corrected chi connectivity index (χ0v) is 6.62. The van der Waals surface area contributed by atoms with Crippen LogP contribution in [0.25, 0.3) is 0 Å². The highest BCUT2D eigenvalue weighted by molar-refractivity contribution is 4.86. The number of aliphatic hydroxyl groups excluding tert-OH is 3. The van der Waals surface area contributed by atoms with Crippen molar-refractivity contribution in [2.45, 2.75) is 37.6 Å². The van der Waals surface area contributed by atoms with Gasteiger partial charge in [0.1, 0.15) is 18.3 Å². The Labute approximate surface area is 69.5 Å². The lowest BCUT2D eigenvalue weighted by molar-refractivity contribution is -0.294. The Bertz CT molecular complexity index is 150. The molecular formula is C6H13NO5. The molecule has 1 aliphatic heterocycles. The first-order chi connectivity index (χ1) is 5.57. The van der Waals surface area contributed by atoms with E-state index in [2.05, 4.69) is 4.84 Å². The minimum absolute atomic E-state index is 0.614. The van der Waals surface area contributed by atoms with Crippen LogP contribution in [0.4, 0.5) is 0 Å². The molecule has 0 radical (unpaired) electrons. The van der Waals surface area contributed by atoms with Gasteiger partial charge in [0, 0.05) is 0 Å². The van der Waals surface area contributed by atoms with Crippen LogP contribution >= 0.6 is 0 Å². The van der Waals surface area contributed by atoms with Crippen molar-refractivity contribution >= 4 is 0 Å². The number of rotatable bonds is 1. The second-order valence-electron chi connectivity index (χ2n) is 2.82. The molecule has 1 saturated heterocycles. The van der Waals surface area contributed by atoms with E-state index in [1.54, 1.807) is 6.92 Å². The molecule has 1 aliphatic rings. The number of nitrogens with two attached hydrogens (primary N) is 1. The lowest BCUT2D eigenvalue weighted by Gasteiger charge is -2.37. The van der Waals surface area contributed by atoms with Crippen LogP contribution < -0.4 is 5.90 Å². The highest BCUT2D eigenvalue weighted by Gasteiger charge is 2.42. The summed E-state index contributed by atoms with van der Waals surface area (Å²) in [7, 11) is 0. The lowest BCUT2D eigenvalue weighted by Crippen LogP contribution is -2.57. The predicted molar refractivity (Wildman–Crippen MR) is 37.6 cm³/mol. The van der Waals surface area contributed by atoms with Gasteiger partial charge in [-0.2, -0.15) is 0 Å². The quantitative estimate of drug-likeness (QED) is 0.337. The van der Waals surface area contributed by atoms with Crippen molar-refractivity contribution in [1.82, 2.24) is 0 Å². The van der Waals surface area contributed by atoms with Crippen molar-refractivity contribution < 1.29 is 24.9 Å². The van der Waals surface area contributed by atoms with Crippen LogP contribution in [-0.4, -0.2) is 46.0 Å². The van der Waals surface area contributed by atoms with Crippen molar-refractivity contribution in [3.63, 3.8) is 0 Å². The monoisotopic (exact) mass is 179 g/mol. The van der Waals surface area contributed by atoms with Crippen molar-refractivity contribution in [2.24, 2.45) is 5.90 Å². The Morgan fingerprint density at radius 2 is 1.75 bits per heavy atom. The van der Waals surface area contributed by atoms with Gasteiger partial charge in [-0.05, 0) is 6.92 Å². The first-order valence-corrected chi connectivity index (χ1v) is 3.63. The number of hydrogen-bond acceptors (Lipinski definition) is 6. The molecule has 72 valence electrons. The number of aliphatic hydroxyl groups is 3. The Morgan fingerprint density at radius 3 is 2.25 bits per heavy atom. The van der Waals surface area contributed by atoms with Crippen molar-refractivity contribution in [3.8, 4) is 0 Å². The fourth-order valence-electron chi connectivity index (χ4n) is 1.13. The maximum absolute atomic E-state index is 9.20. The lowest BCUT2D eigenvalue weighted by atomic mass is 10.0. The molecular weight excluding hydrogens is 166 g/mol. The van der Waals surface area contributed by atoms with Crippen LogP contribution in [-0.2, 0) is 9.57 Å². The minimum Gasteiger partial charge on any atom is -0.388 e. The van der Waals surface area contributed by atoms with E-state index in [4.69, 9.17) is 10.6 Å². The van der Waals surface area contributed by atoms with Crippen molar-refractivity contribution in [1.29, 1.82) is 0 Å². The largest absolute Gasteiger partial charge is 0.388 e. The fraction of sp³-hybridized carbons (Fsp3) is 1.00. The summed E-state index contributed by atoms with van der Waals surface area (Å²) in [6.45, 7) is 1.55. The predicted octanol–water partition coefficient (Wildman–Crippen LogP) is -2.30. The Kier molecular flexibility index (Phi) is 2.99. The summed E-state index contributed by atoms with van der Waals surface area (Å²) in [6.07, 6.45) is -5.43. The summed E-state index contributed by atoms with van der Waals surface area (Å²) in [5.41, 5.74) is 0. The molecule has 0 bridgehead atoms. The first kappa shape index (κ1) is 9.85. The molecule has 0 saturated carbocycles. The molecule has 0 aliphatic carbocycles. The maximum Gasteiger partial charge on any atom is 0.205 e. The third-order valence-corrected chi connectivity index (χ3v) is 1.94. The summed E-state index contributed by atoms with van der Waals surface area (Å²) in [6, 6.07) is 0. The Hall–Kier alpha value is -0.240. The summed E-state index contributed by atoms with van der Waals surface area (Å²) in [5.74, 6) is 4.79. The average Bonchev–Trinajstić information content (AvgIpc) is 2.08. The number of ether oxygens (including phenoxy) is 1. The molecule has 0 amide bonds. The second-order valence-corrected chi connectivity index (χ2v) is 2.82.